The van der Waals surface area contributed by atoms with Crippen molar-refractivity contribution in [2.24, 2.45) is 0 Å². The topological polar surface area (TPSA) is 43.7 Å². The Morgan fingerprint density at radius 1 is 1.42 bits per heavy atom. The van der Waals surface area contributed by atoms with Gasteiger partial charge in [-0.3, -0.25) is 4.90 Å². The number of rotatable bonds is 5. The number of aliphatic hydroxyl groups is 2. The largest absolute Gasteiger partial charge is 0.396 e. The maximum Gasteiger partial charge on any atom is 0.0587 e. The number of nitrogens with zero attached hydrogens (tertiary/aromatic N) is 1. The maximum atomic E-state index is 9.04. The summed E-state index contributed by atoms with van der Waals surface area (Å²) in [5.74, 6) is 0. The monoisotopic (exact) mass is 173 g/mol. The molecule has 1 unspecified atom stereocenters. The SMILES string of the molecule is CN(C(CO)CCO)C1CCC1. The molecule has 0 saturated heterocycles. The molecule has 1 rings (SSSR count). The van der Waals surface area contributed by atoms with Crippen LogP contribution in [0.25, 0.3) is 0 Å². The first-order valence-electron chi connectivity index (χ1n) is 4.73. The molecular weight excluding hydrogens is 154 g/mol. The van der Waals surface area contributed by atoms with Crippen molar-refractivity contribution in [2.45, 2.75) is 37.8 Å². The van der Waals surface area contributed by atoms with Crippen LogP contribution in [0.4, 0.5) is 0 Å². The molecule has 0 bridgehead atoms. The molecular formula is C9H19NO2. The minimum Gasteiger partial charge on any atom is -0.396 e. The summed E-state index contributed by atoms with van der Waals surface area (Å²) in [6.07, 6.45) is 4.49. The molecule has 0 aliphatic heterocycles. The van der Waals surface area contributed by atoms with E-state index < -0.39 is 0 Å². The van der Waals surface area contributed by atoms with Crippen molar-refractivity contribution >= 4 is 0 Å². The van der Waals surface area contributed by atoms with E-state index in [1.165, 1.54) is 19.3 Å². The van der Waals surface area contributed by atoms with Crippen LogP contribution < -0.4 is 0 Å². The Labute approximate surface area is 74.0 Å². The molecule has 3 nitrogen and oxygen atoms in total. The van der Waals surface area contributed by atoms with E-state index in [-0.39, 0.29) is 19.3 Å². The lowest BCUT2D eigenvalue weighted by molar-refractivity contribution is 0.0562. The van der Waals surface area contributed by atoms with E-state index in [1.807, 2.05) is 7.05 Å². The van der Waals surface area contributed by atoms with E-state index in [1.54, 1.807) is 0 Å². The summed E-state index contributed by atoms with van der Waals surface area (Å²) in [5.41, 5.74) is 0. The standard InChI is InChI=1S/C9H19NO2/c1-10(8-3-2-4-8)9(7-12)5-6-11/h8-9,11-12H,2-7H2,1H3. The Morgan fingerprint density at radius 2 is 2.08 bits per heavy atom. The fourth-order valence-corrected chi connectivity index (χ4v) is 1.66. The van der Waals surface area contributed by atoms with E-state index in [4.69, 9.17) is 10.2 Å². The summed E-state index contributed by atoms with van der Waals surface area (Å²) >= 11 is 0. The highest BCUT2D eigenvalue weighted by atomic mass is 16.3. The molecule has 1 atom stereocenters. The van der Waals surface area contributed by atoms with Crippen molar-refractivity contribution in [1.29, 1.82) is 0 Å². The lowest BCUT2D eigenvalue weighted by Gasteiger charge is -2.39. The van der Waals surface area contributed by atoms with Crippen molar-refractivity contribution in [3.63, 3.8) is 0 Å². The number of likely N-dealkylation sites (N-methyl/N-ethyl adjacent to an activating group) is 1. The second-order valence-electron chi connectivity index (χ2n) is 3.60. The molecule has 12 heavy (non-hydrogen) atoms. The molecule has 0 aromatic heterocycles. The molecule has 3 heteroatoms. The van der Waals surface area contributed by atoms with Gasteiger partial charge in [-0.25, -0.2) is 0 Å². The first-order valence-corrected chi connectivity index (χ1v) is 4.73. The van der Waals surface area contributed by atoms with Crippen molar-refractivity contribution in [3.05, 3.63) is 0 Å². The molecule has 0 spiro atoms. The van der Waals surface area contributed by atoms with Gasteiger partial charge < -0.3 is 10.2 Å². The van der Waals surface area contributed by atoms with E-state index >= 15 is 0 Å². The van der Waals surface area contributed by atoms with Gasteiger partial charge in [0.25, 0.3) is 0 Å². The predicted molar refractivity (Wildman–Crippen MR) is 48.0 cm³/mol. The Morgan fingerprint density at radius 3 is 2.42 bits per heavy atom. The van der Waals surface area contributed by atoms with Crippen molar-refractivity contribution in [3.8, 4) is 0 Å². The van der Waals surface area contributed by atoms with Gasteiger partial charge in [-0.15, -0.1) is 0 Å². The van der Waals surface area contributed by atoms with Gasteiger partial charge in [0.1, 0.15) is 0 Å². The van der Waals surface area contributed by atoms with E-state index in [0.717, 1.165) is 0 Å². The van der Waals surface area contributed by atoms with Gasteiger partial charge in [0.15, 0.2) is 0 Å². The van der Waals surface area contributed by atoms with Crippen LogP contribution in [0.5, 0.6) is 0 Å². The summed E-state index contributed by atoms with van der Waals surface area (Å²) in [6.45, 7) is 0.329. The highest BCUT2D eigenvalue weighted by Crippen LogP contribution is 2.25. The summed E-state index contributed by atoms with van der Waals surface area (Å²) in [4.78, 5) is 2.21. The van der Waals surface area contributed by atoms with Crippen molar-refractivity contribution in [2.75, 3.05) is 20.3 Å². The number of hydrogen-bond acceptors (Lipinski definition) is 3. The van der Waals surface area contributed by atoms with Crippen LogP contribution in [0.3, 0.4) is 0 Å². The molecule has 0 heterocycles. The Bertz CT molecular complexity index is 126. The van der Waals surface area contributed by atoms with Gasteiger partial charge in [0.2, 0.25) is 0 Å². The zero-order valence-corrected chi connectivity index (χ0v) is 7.74. The van der Waals surface area contributed by atoms with Crippen LogP contribution in [-0.2, 0) is 0 Å². The third kappa shape index (κ3) is 2.19. The van der Waals surface area contributed by atoms with Crippen molar-refractivity contribution < 1.29 is 10.2 Å². The van der Waals surface area contributed by atoms with Crippen LogP contribution in [0.1, 0.15) is 25.7 Å². The van der Waals surface area contributed by atoms with Crippen LogP contribution in [0, 0.1) is 0 Å². The summed E-state index contributed by atoms with van der Waals surface area (Å²) in [6, 6.07) is 0.800. The third-order valence-corrected chi connectivity index (χ3v) is 2.90. The molecule has 2 N–H and O–H groups in total. The van der Waals surface area contributed by atoms with Crippen LogP contribution >= 0.6 is 0 Å². The molecule has 72 valence electrons. The van der Waals surface area contributed by atoms with Crippen LogP contribution in [0.15, 0.2) is 0 Å². The minimum absolute atomic E-state index is 0.153. The number of hydrogen-bond donors (Lipinski definition) is 2. The molecule has 1 aliphatic carbocycles. The van der Waals surface area contributed by atoms with Gasteiger partial charge in [-0.1, -0.05) is 6.42 Å². The zero-order valence-electron chi connectivity index (χ0n) is 7.74. The molecule has 1 saturated carbocycles. The summed E-state index contributed by atoms with van der Waals surface area (Å²) in [5, 5.41) is 17.8. The second-order valence-corrected chi connectivity index (χ2v) is 3.60. The van der Waals surface area contributed by atoms with Gasteiger partial charge in [-0.2, -0.15) is 0 Å². The maximum absolute atomic E-state index is 9.04. The lowest BCUT2D eigenvalue weighted by Crippen LogP contribution is -2.46. The first kappa shape index (κ1) is 9.96. The highest BCUT2D eigenvalue weighted by molar-refractivity contribution is 4.82. The fourth-order valence-electron chi connectivity index (χ4n) is 1.66. The van der Waals surface area contributed by atoms with E-state index in [2.05, 4.69) is 4.90 Å². The zero-order chi connectivity index (χ0) is 8.97. The van der Waals surface area contributed by atoms with Gasteiger partial charge >= 0.3 is 0 Å². The summed E-state index contributed by atoms with van der Waals surface area (Å²) in [7, 11) is 2.04. The first-order chi connectivity index (χ1) is 5.79. The molecule has 0 aromatic rings. The average molecular weight is 173 g/mol. The van der Waals surface area contributed by atoms with Gasteiger partial charge in [-0.05, 0) is 26.3 Å². The third-order valence-electron chi connectivity index (χ3n) is 2.90. The average Bonchev–Trinajstić information content (AvgIpc) is 1.96. The number of aliphatic hydroxyl groups excluding tert-OH is 2. The molecule has 0 amide bonds. The van der Waals surface area contributed by atoms with Gasteiger partial charge in [0, 0.05) is 18.7 Å². The quantitative estimate of drug-likeness (QED) is 0.625. The lowest BCUT2D eigenvalue weighted by atomic mass is 9.90. The molecule has 0 radical (unpaired) electrons. The molecule has 1 aliphatic rings. The molecule has 1 fully saturated rings. The Hall–Kier alpha value is -0.120. The van der Waals surface area contributed by atoms with Crippen LogP contribution in [0.2, 0.25) is 0 Å². The van der Waals surface area contributed by atoms with Crippen molar-refractivity contribution in [1.82, 2.24) is 4.90 Å². The second kappa shape index (κ2) is 4.80. The normalized spacial score (nSPS) is 21.0. The van der Waals surface area contributed by atoms with E-state index in [0.29, 0.717) is 12.5 Å². The minimum atomic E-state index is 0.153. The molecule has 0 aromatic carbocycles. The Balaban J connectivity index is 2.29. The fraction of sp³-hybridized carbons (Fsp3) is 1.00. The summed E-state index contributed by atoms with van der Waals surface area (Å²) < 4.78 is 0. The van der Waals surface area contributed by atoms with Crippen LogP contribution in [-0.4, -0.2) is 47.5 Å². The highest BCUT2D eigenvalue weighted by Gasteiger charge is 2.26. The smallest absolute Gasteiger partial charge is 0.0587 e. The predicted octanol–water partition coefficient (Wildman–Crippen LogP) is 0.214. The van der Waals surface area contributed by atoms with Gasteiger partial charge in [0.05, 0.1) is 6.61 Å². The van der Waals surface area contributed by atoms with E-state index in [9.17, 15) is 0 Å². The Kier molecular flexibility index (Phi) is 3.98.